The first-order valence-electron chi connectivity index (χ1n) is 11.1. The van der Waals surface area contributed by atoms with E-state index in [1.165, 1.54) is 11.0 Å². The molecule has 2 aliphatic heterocycles. The van der Waals surface area contributed by atoms with Gasteiger partial charge in [-0.2, -0.15) is 5.26 Å². The predicted molar refractivity (Wildman–Crippen MR) is 123 cm³/mol. The molecular formula is C24H29FN4O5. The van der Waals surface area contributed by atoms with Gasteiger partial charge in [0.25, 0.3) is 5.91 Å². The number of carbonyl (C=O) groups is 3. The molecule has 0 spiro atoms. The lowest BCUT2D eigenvalue weighted by atomic mass is 9.97. The predicted octanol–water partition coefficient (Wildman–Crippen LogP) is 2.91. The van der Waals surface area contributed by atoms with Crippen molar-refractivity contribution in [3.63, 3.8) is 0 Å². The van der Waals surface area contributed by atoms with Crippen LogP contribution < -0.4 is 15.1 Å². The molecule has 0 aliphatic carbocycles. The molecule has 1 N–H and O–H groups in total. The first-order chi connectivity index (χ1) is 16.1. The second kappa shape index (κ2) is 10.5. The summed E-state index contributed by atoms with van der Waals surface area (Å²) in [5.74, 6) is -1.44. The molecule has 1 aromatic rings. The molecule has 3 rings (SSSR count). The first kappa shape index (κ1) is 25.0. The molecule has 2 aliphatic rings. The van der Waals surface area contributed by atoms with E-state index in [0.717, 1.165) is 5.57 Å². The standard InChI is InChI=1S/C24H29FN4O5/c1-24(2,3)22(31)33-15-21(30)27-13-18-14-29(23(32)34-18)17-4-5-20(19(25)12-17)28-10-7-16(6-9-26)8-11-28/h4-6,12,18H,7-8,10-11,13-15H2,1-3H3,(H,27,30). The van der Waals surface area contributed by atoms with Crippen molar-refractivity contribution in [1.82, 2.24) is 5.32 Å². The van der Waals surface area contributed by atoms with Crippen LogP contribution in [0.15, 0.2) is 29.8 Å². The van der Waals surface area contributed by atoms with E-state index in [9.17, 15) is 18.8 Å². The molecule has 0 radical (unpaired) electrons. The molecule has 2 saturated heterocycles. The van der Waals surface area contributed by atoms with Gasteiger partial charge in [-0.3, -0.25) is 14.5 Å². The van der Waals surface area contributed by atoms with E-state index >= 15 is 0 Å². The normalized spacial score (nSPS) is 18.3. The second-order valence-electron chi connectivity index (χ2n) is 9.30. The number of esters is 1. The van der Waals surface area contributed by atoms with Gasteiger partial charge in [-0.25, -0.2) is 9.18 Å². The van der Waals surface area contributed by atoms with E-state index in [1.807, 2.05) is 11.0 Å². The van der Waals surface area contributed by atoms with Crippen molar-refractivity contribution in [3.05, 3.63) is 35.7 Å². The Labute approximate surface area is 198 Å². The summed E-state index contributed by atoms with van der Waals surface area (Å²) in [5, 5.41) is 11.3. The zero-order chi connectivity index (χ0) is 24.9. The van der Waals surface area contributed by atoms with Gasteiger partial charge in [0.2, 0.25) is 0 Å². The zero-order valence-corrected chi connectivity index (χ0v) is 19.6. The molecule has 9 nitrogen and oxygen atoms in total. The van der Waals surface area contributed by atoms with E-state index < -0.39 is 41.9 Å². The smallest absolute Gasteiger partial charge is 0.414 e. The maximum absolute atomic E-state index is 14.9. The quantitative estimate of drug-likeness (QED) is 0.500. The number of nitriles is 1. The van der Waals surface area contributed by atoms with Crippen LogP contribution >= 0.6 is 0 Å². The topological polar surface area (TPSA) is 112 Å². The van der Waals surface area contributed by atoms with Gasteiger partial charge in [0.05, 0.1) is 35.9 Å². The summed E-state index contributed by atoms with van der Waals surface area (Å²) >= 11 is 0. The molecule has 2 heterocycles. The molecular weight excluding hydrogens is 443 g/mol. The molecule has 1 aromatic carbocycles. The third-order valence-electron chi connectivity index (χ3n) is 5.61. The minimum atomic E-state index is -0.710. The van der Waals surface area contributed by atoms with Crippen molar-refractivity contribution in [2.75, 3.05) is 42.6 Å². The fraction of sp³-hybridized carbons (Fsp3) is 0.500. The number of benzene rings is 1. The number of anilines is 2. The summed E-state index contributed by atoms with van der Waals surface area (Å²) in [6.07, 6.45) is 1.71. The highest BCUT2D eigenvalue weighted by molar-refractivity contribution is 5.90. The van der Waals surface area contributed by atoms with E-state index in [-0.39, 0.29) is 13.1 Å². The lowest BCUT2D eigenvalue weighted by Crippen LogP contribution is -2.37. The first-order valence-corrected chi connectivity index (χ1v) is 11.1. The van der Waals surface area contributed by atoms with Gasteiger partial charge in [-0.1, -0.05) is 5.57 Å². The van der Waals surface area contributed by atoms with Crippen LogP contribution in [0.4, 0.5) is 20.6 Å². The fourth-order valence-electron chi connectivity index (χ4n) is 3.66. The van der Waals surface area contributed by atoms with Crippen LogP contribution in [0.3, 0.4) is 0 Å². The number of carbonyl (C=O) groups excluding carboxylic acids is 3. The number of allylic oxidation sites excluding steroid dienone is 1. The van der Waals surface area contributed by atoms with Crippen molar-refractivity contribution in [2.45, 2.75) is 39.7 Å². The molecule has 2 amide bonds. The number of halogens is 1. The Kier molecular flexibility index (Phi) is 7.76. The van der Waals surface area contributed by atoms with Crippen molar-refractivity contribution >= 4 is 29.3 Å². The summed E-state index contributed by atoms with van der Waals surface area (Å²) in [7, 11) is 0. The summed E-state index contributed by atoms with van der Waals surface area (Å²) in [4.78, 5) is 39.2. The molecule has 10 heteroatoms. The van der Waals surface area contributed by atoms with Crippen LogP contribution in [-0.4, -0.2) is 56.9 Å². The van der Waals surface area contributed by atoms with Crippen LogP contribution in [0, 0.1) is 22.6 Å². The molecule has 0 aromatic heterocycles. The Morgan fingerprint density at radius 2 is 2.03 bits per heavy atom. The summed E-state index contributed by atoms with van der Waals surface area (Å²) in [5.41, 5.74) is 1.15. The fourth-order valence-corrected chi connectivity index (χ4v) is 3.66. The van der Waals surface area contributed by atoms with E-state index in [4.69, 9.17) is 14.7 Å². The minimum Gasteiger partial charge on any atom is -0.455 e. The monoisotopic (exact) mass is 472 g/mol. The Bertz CT molecular complexity index is 1020. The van der Waals surface area contributed by atoms with Gasteiger partial charge < -0.3 is 19.7 Å². The molecule has 182 valence electrons. The number of cyclic esters (lactones) is 1. The molecule has 34 heavy (non-hydrogen) atoms. The number of nitrogens with one attached hydrogen (secondary N) is 1. The van der Waals surface area contributed by atoms with Crippen LogP contribution in [0.25, 0.3) is 0 Å². The van der Waals surface area contributed by atoms with Gasteiger partial charge in [0.15, 0.2) is 6.61 Å². The lowest BCUT2D eigenvalue weighted by molar-refractivity contribution is -0.156. The highest BCUT2D eigenvalue weighted by Gasteiger charge is 2.33. The van der Waals surface area contributed by atoms with Crippen LogP contribution in [0.5, 0.6) is 0 Å². The van der Waals surface area contributed by atoms with Crippen molar-refractivity contribution in [3.8, 4) is 6.07 Å². The number of ether oxygens (including phenoxy) is 2. The van der Waals surface area contributed by atoms with Gasteiger partial charge in [-0.15, -0.1) is 0 Å². The van der Waals surface area contributed by atoms with Crippen molar-refractivity contribution in [1.29, 1.82) is 5.26 Å². The number of hydrogen-bond donors (Lipinski definition) is 1. The zero-order valence-electron chi connectivity index (χ0n) is 19.6. The number of amides is 2. The second-order valence-corrected chi connectivity index (χ2v) is 9.30. The van der Waals surface area contributed by atoms with E-state index in [1.54, 1.807) is 39.0 Å². The Balaban J connectivity index is 1.52. The highest BCUT2D eigenvalue weighted by atomic mass is 19.1. The molecule has 2 fully saturated rings. The number of rotatable bonds is 6. The average Bonchev–Trinajstić information content (AvgIpc) is 3.16. The van der Waals surface area contributed by atoms with E-state index in [2.05, 4.69) is 5.32 Å². The largest absolute Gasteiger partial charge is 0.455 e. The van der Waals surface area contributed by atoms with Crippen LogP contribution in [0.2, 0.25) is 0 Å². The SMILES string of the molecule is CC(C)(C)C(=O)OCC(=O)NCC1CN(c2ccc(N3CCC(=CC#N)CC3)c(F)c2)C(=O)O1. The summed E-state index contributed by atoms with van der Waals surface area (Å²) in [6.45, 7) is 6.05. The van der Waals surface area contributed by atoms with Gasteiger partial charge in [0, 0.05) is 19.2 Å². The lowest BCUT2D eigenvalue weighted by Gasteiger charge is -2.30. The maximum Gasteiger partial charge on any atom is 0.414 e. The third-order valence-corrected chi connectivity index (χ3v) is 5.61. The molecule has 1 unspecified atom stereocenters. The molecule has 0 bridgehead atoms. The minimum absolute atomic E-state index is 0.0427. The number of piperidine rings is 1. The molecule has 0 saturated carbocycles. The molecule has 1 atom stereocenters. The van der Waals surface area contributed by atoms with Crippen molar-refractivity contribution in [2.24, 2.45) is 5.41 Å². The summed E-state index contributed by atoms with van der Waals surface area (Å²) < 4.78 is 25.1. The average molecular weight is 473 g/mol. The Morgan fingerprint density at radius 1 is 1.32 bits per heavy atom. The van der Waals surface area contributed by atoms with Gasteiger partial charge in [0.1, 0.15) is 11.9 Å². The number of hydrogen-bond acceptors (Lipinski definition) is 7. The Morgan fingerprint density at radius 3 is 2.65 bits per heavy atom. The Hall–Kier alpha value is -3.61. The maximum atomic E-state index is 14.9. The number of nitrogens with zero attached hydrogens (tertiary/aromatic N) is 3. The summed E-state index contributed by atoms with van der Waals surface area (Å²) in [6, 6.07) is 6.62. The van der Waals surface area contributed by atoms with Crippen LogP contribution in [-0.2, 0) is 19.1 Å². The third kappa shape index (κ3) is 6.25. The highest BCUT2D eigenvalue weighted by Crippen LogP contribution is 2.30. The van der Waals surface area contributed by atoms with Crippen LogP contribution in [0.1, 0.15) is 33.6 Å². The van der Waals surface area contributed by atoms with E-state index in [0.29, 0.717) is 37.3 Å². The van der Waals surface area contributed by atoms with Gasteiger partial charge in [-0.05, 0) is 51.8 Å². The van der Waals surface area contributed by atoms with Gasteiger partial charge >= 0.3 is 12.1 Å². The van der Waals surface area contributed by atoms with Crippen molar-refractivity contribution < 1.29 is 28.2 Å².